The average molecular weight is 194 g/mol. The van der Waals surface area contributed by atoms with Gasteiger partial charge in [0.25, 0.3) is 0 Å². The van der Waals surface area contributed by atoms with Crippen LogP contribution in [-0.4, -0.2) is 12.5 Å². The molecule has 3 heteroatoms. The fraction of sp³-hybridized carbons (Fsp3) is 0.818. The van der Waals surface area contributed by atoms with E-state index in [0.29, 0.717) is 5.92 Å². The van der Waals surface area contributed by atoms with Crippen molar-refractivity contribution >= 4 is 5.91 Å². The van der Waals surface area contributed by atoms with Crippen molar-refractivity contribution in [1.29, 1.82) is 5.26 Å². The third-order valence-corrected chi connectivity index (χ3v) is 2.87. The summed E-state index contributed by atoms with van der Waals surface area (Å²) in [5.41, 5.74) is 0. The lowest BCUT2D eigenvalue weighted by Gasteiger charge is -2.26. The van der Waals surface area contributed by atoms with Crippen molar-refractivity contribution in [2.24, 2.45) is 11.8 Å². The van der Waals surface area contributed by atoms with E-state index < -0.39 is 0 Å². The molecule has 0 spiro atoms. The van der Waals surface area contributed by atoms with Gasteiger partial charge in [0.1, 0.15) is 6.42 Å². The Morgan fingerprint density at radius 1 is 1.57 bits per heavy atom. The van der Waals surface area contributed by atoms with Gasteiger partial charge in [0, 0.05) is 6.54 Å². The van der Waals surface area contributed by atoms with E-state index in [4.69, 9.17) is 5.26 Å². The first-order valence-corrected chi connectivity index (χ1v) is 5.36. The summed E-state index contributed by atoms with van der Waals surface area (Å²) in [6.45, 7) is 3.02. The summed E-state index contributed by atoms with van der Waals surface area (Å²) < 4.78 is 0. The molecule has 1 N–H and O–H groups in total. The third kappa shape index (κ3) is 3.78. The van der Waals surface area contributed by atoms with Gasteiger partial charge in [0.2, 0.25) is 5.91 Å². The molecule has 2 atom stereocenters. The van der Waals surface area contributed by atoms with E-state index in [1.807, 2.05) is 6.07 Å². The van der Waals surface area contributed by atoms with E-state index in [2.05, 4.69) is 12.2 Å². The van der Waals surface area contributed by atoms with E-state index in [-0.39, 0.29) is 12.3 Å². The number of rotatable bonds is 3. The Morgan fingerprint density at radius 3 is 3.00 bits per heavy atom. The number of carbonyl (C=O) groups is 1. The molecule has 0 aromatic rings. The molecule has 1 aliphatic carbocycles. The highest BCUT2D eigenvalue weighted by molar-refractivity contribution is 5.77. The highest BCUT2D eigenvalue weighted by Gasteiger charge is 2.18. The van der Waals surface area contributed by atoms with Gasteiger partial charge in [-0.3, -0.25) is 4.79 Å². The molecule has 1 saturated carbocycles. The van der Waals surface area contributed by atoms with Gasteiger partial charge in [-0.1, -0.05) is 19.8 Å². The largest absolute Gasteiger partial charge is 0.355 e. The van der Waals surface area contributed by atoms with Crippen LogP contribution in [0.25, 0.3) is 0 Å². The second-order valence-electron chi connectivity index (χ2n) is 4.28. The molecule has 1 aliphatic rings. The topological polar surface area (TPSA) is 52.9 Å². The fourth-order valence-corrected chi connectivity index (χ4v) is 2.14. The smallest absolute Gasteiger partial charge is 0.234 e. The van der Waals surface area contributed by atoms with Crippen LogP contribution in [0.5, 0.6) is 0 Å². The van der Waals surface area contributed by atoms with Crippen molar-refractivity contribution in [1.82, 2.24) is 5.32 Å². The molecule has 0 aromatic heterocycles. The monoisotopic (exact) mass is 194 g/mol. The molecule has 1 rings (SSSR count). The predicted molar refractivity (Wildman–Crippen MR) is 54.4 cm³/mol. The zero-order valence-electron chi connectivity index (χ0n) is 8.75. The highest BCUT2D eigenvalue weighted by atomic mass is 16.1. The van der Waals surface area contributed by atoms with Crippen molar-refractivity contribution in [2.75, 3.05) is 6.54 Å². The minimum absolute atomic E-state index is 0.0116. The Hall–Kier alpha value is -1.04. The van der Waals surface area contributed by atoms with Crippen LogP contribution in [0.4, 0.5) is 0 Å². The minimum Gasteiger partial charge on any atom is -0.355 e. The number of carbonyl (C=O) groups excluding carboxylic acids is 1. The molecule has 0 radical (unpaired) electrons. The second kappa shape index (κ2) is 5.64. The summed E-state index contributed by atoms with van der Waals surface area (Å²) in [4.78, 5) is 11.0. The number of hydrogen-bond acceptors (Lipinski definition) is 2. The van der Waals surface area contributed by atoms with E-state index >= 15 is 0 Å². The third-order valence-electron chi connectivity index (χ3n) is 2.87. The summed E-state index contributed by atoms with van der Waals surface area (Å²) in [6.07, 6.45) is 5.02. The van der Waals surface area contributed by atoms with Crippen LogP contribution < -0.4 is 5.32 Å². The standard InChI is InChI=1S/C11H18N2O/c1-9-3-2-4-10(7-9)8-13-11(14)5-6-12/h9-10H,2-5,7-8H2,1H3,(H,13,14). The molecular weight excluding hydrogens is 176 g/mol. The van der Waals surface area contributed by atoms with Gasteiger partial charge in [-0.2, -0.15) is 5.26 Å². The predicted octanol–water partition coefficient (Wildman–Crippen LogP) is 1.84. The second-order valence-corrected chi connectivity index (χ2v) is 4.28. The van der Waals surface area contributed by atoms with Gasteiger partial charge in [-0.05, 0) is 24.7 Å². The molecule has 0 bridgehead atoms. The fourth-order valence-electron chi connectivity index (χ4n) is 2.14. The Labute approximate surface area is 85.5 Å². The molecule has 2 unspecified atom stereocenters. The van der Waals surface area contributed by atoms with Crippen LogP contribution in [0.1, 0.15) is 39.0 Å². The maximum absolute atomic E-state index is 11.0. The number of hydrogen-bond donors (Lipinski definition) is 1. The van der Waals surface area contributed by atoms with Gasteiger partial charge in [-0.15, -0.1) is 0 Å². The lowest BCUT2D eigenvalue weighted by atomic mass is 9.82. The van der Waals surface area contributed by atoms with Gasteiger partial charge >= 0.3 is 0 Å². The van der Waals surface area contributed by atoms with Crippen LogP contribution in [0.15, 0.2) is 0 Å². The highest BCUT2D eigenvalue weighted by Crippen LogP contribution is 2.27. The van der Waals surface area contributed by atoms with Crippen LogP contribution in [0.2, 0.25) is 0 Å². The van der Waals surface area contributed by atoms with Gasteiger partial charge in [-0.25, -0.2) is 0 Å². The number of amides is 1. The lowest BCUT2D eigenvalue weighted by Crippen LogP contribution is -2.31. The quantitative estimate of drug-likeness (QED) is 0.745. The summed E-state index contributed by atoms with van der Waals surface area (Å²) in [6, 6.07) is 1.85. The maximum atomic E-state index is 11.0. The summed E-state index contributed by atoms with van der Waals surface area (Å²) in [5, 5.41) is 11.1. The molecule has 3 nitrogen and oxygen atoms in total. The zero-order valence-corrected chi connectivity index (χ0v) is 8.75. The normalized spacial score (nSPS) is 26.6. The zero-order chi connectivity index (χ0) is 10.4. The minimum atomic E-state index is -0.134. The van der Waals surface area contributed by atoms with Gasteiger partial charge in [0.15, 0.2) is 0 Å². The number of nitrogens with zero attached hydrogens (tertiary/aromatic N) is 1. The van der Waals surface area contributed by atoms with Crippen LogP contribution in [-0.2, 0) is 4.79 Å². The lowest BCUT2D eigenvalue weighted by molar-refractivity contribution is -0.120. The molecule has 0 aromatic carbocycles. The Morgan fingerprint density at radius 2 is 2.36 bits per heavy atom. The molecule has 14 heavy (non-hydrogen) atoms. The van der Waals surface area contributed by atoms with Crippen LogP contribution in [0.3, 0.4) is 0 Å². The Kier molecular flexibility index (Phi) is 4.45. The Balaban J connectivity index is 2.18. The maximum Gasteiger partial charge on any atom is 0.234 e. The van der Waals surface area contributed by atoms with Crippen molar-refractivity contribution < 1.29 is 4.79 Å². The first-order chi connectivity index (χ1) is 6.72. The van der Waals surface area contributed by atoms with Crippen molar-refractivity contribution in [3.63, 3.8) is 0 Å². The first-order valence-electron chi connectivity index (χ1n) is 5.36. The van der Waals surface area contributed by atoms with E-state index in [1.54, 1.807) is 0 Å². The molecule has 0 saturated heterocycles. The van der Waals surface area contributed by atoms with Gasteiger partial charge < -0.3 is 5.32 Å². The molecule has 1 fully saturated rings. The van der Waals surface area contributed by atoms with E-state index in [1.165, 1.54) is 25.7 Å². The molecule has 1 amide bonds. The van der Waals surface area contributed by atoms with E-state index in [0.717, 1.165) is 12.5 Å². The Bertz CT molecular complexity index is 232. The van der Waals surface area contributed by atoms with Crippen molar-refractivity contribution in [3.05, 3.63) is 0 Å². The van der Waals surface area contributed by atoms with Gasteiger partial charge in [0.05, 0.1) is 6.07 Å². The SMILES string of the molecule is CC1CCCC(CNC(=O)CC#N)C1. The molecule has 0 heterocycles. The summed E-state index contributed by atoms with van der Waals surface area (Å²) in [7, 11) is 0. The number of nitriles is 1. The molecule has 0 aliphatic heterocycles. The average Bonchev–Trinajstić information content (AvgIpc) is 2.15. The van der Waals surface area contributed by atoms with Crippen LogP contribution in [0, 0.1) is 23.2 Å². The van der Waals surface area contributed by atoms with Crippen molar-refractivity contribution in [3.8, 4) is 6.07 Å². The number of nitrogens with one attached hydrogen (secondary N) is 1. The summed E-state index contributed by atoms with van der Waals surface area (Å²) in [5.74, 6) is 1.29. The molecule has 78 valence electrons. The first kappa shape index (κ1) is 11.0. The molecular formula is C11H18N2O. The van der Waals surface area contributed by atoms with Crippen LogP contribution >= 0.6 is 0 Å². The van der Waals surface area contributed by atoms with E-state index in [9.17, 15) is 4.79 Å². The summed E-state index contributed by atoms with van der Waals surface area (Å²) >= 11 is 0. The van der Waals surface area contributed by atoms with Crippen molar-refractivity contribution in [2.45, 2.75) is 39.0 Å².